The Morgan fingerprint density at radius 3 is 2.07 bits per heavy atom. The highest BCUT2D eigenvalue weighted by molar-refractivity contribution is 7.90. The van der Waals surface area contributed by atoms with Gasteiger partial charge in [-0.3, -0.25) is 13.9 Å². The molecular formula is C31H31FN4O4S. The number of nitrogens with one attached hydrogen (secondary N) is 2. The lowest BCUT2D eigenvalue weighted by atomic mass is 10.1. The zero-order chi connectivity index (χ0) is 29.6. The highest BCUT2D eigenvalue weighted by Crippen LogP contribution is 2.26. The van der Waals surface area contributed by atoms with Gasteiger partial charge in [0.15, 0.2) is 0 Å². The Labute approximate surface area is 239 Å². The molecule has 0 spiro atoms. The van der Waals surface area contributed by atoms with Crippen LogP contribution in [-0.4, -0.2) is 38.6 Å². The number of para-hydroxylation sites is 2. The lowest BCUT2D eigenvalue weighted by Crippen LogP contribution is -2.40. The normalized spacial score (nSPS) is 12.0. The highest BCUT2D eigenvalue weighted by atomic mass is 32.2. The molecule has 0 radical (unpaired) electrons. The quantitative estimate of drug-likeness (QED) is 0.266. The number of nitrogens with zero attached hydrogens (tertiary/aromatic N) is 2. The highest BCUT2D eigenvalue weighted by Gasteiger charge is 2.27. The van der Waals surface area contributed by atoms with E-state index in [1.54, 1.807) is 54.6 Å². The summed E-state index contributed by atoms with van der Waals surface area (Å²) in [5.74, 6) is -1.45. The predicted octanol–water partition coefficient (Wildman–Crippen LogP) is 5.38. The molecule has 2 N–H and O–H groups in total. The maximum absolute atomic E-state index is 14.6. The van der Waals surface area contributed by atoms with E-state index in [9.17, 15) is 22.4 Å². The SMILES string of the molecule is C[C@H](NC(=O)c1ccccc1NC(=O)c1ccc(CN(c2ccccc2F)S(=O)(=O)N(C)C)cc1)c1ccccc1. The molecule has 0 aliphatic heterocycles. The Bertz CT molecular complexity index is 1630. The van der Waals surface area contributed by atoms with Crippen molar-refractivity contribution in [2.75, 3.05) is 23.7 Å². The smallest absolute Gasteiger partial charge is 0.303 e. The molecule has 0 unspecified atom stereocenters. The molecule has 1 atom stereocenters. The average Bonchev–Trinajstić information content (AvgIpc) is 2.97. The van der Waals surface area contributed by atoms with Crippen LogP contribution < -0.4 is 14.9 Å². The first-order chi connectivity index (χ1) is 19.6. The molecule has 4 aromatic carbocycles. The van der Waals surface area contributed by atoms with Crippen LogP contribution in [0.2, 0.25) is 0 Å². The molecular weight excluding hydrogens is 543 g/mol. The molecule has 2 amide bonds. The van der Waals surface area contributed by atoms with E-state index in [0.717, 1.165) is 14.2 Å². The van der Waals surface area contributed by atoms with E-state index in [4.69, 9.17) is 0 Å². The number of anilines is 2. The molecule has 0 heterocycles. The van der Waals surface area contributed by atoms with E-state index in [0.29, 0.717) is 22.4 Å². The maximum Gasteiger partial charge on any atom is 0.303 e. The van der Waals surface area contributed by atoms with Crippen molar-refractivity contribution in [1.82, 2.24) is 9.62 Å². The molecule has 0 aliphatic carbocycles. The summed E-state index contributed by atoms with van der Waals surface area (Å²) in [6.07, 6.45) is 0. The van der Waals surface area contributed by atoms with Crippen molar-refractivity contribution in [3.8, 4) is 0 Å². The predicted molar refractivity (Wildman–Crippen MR) is 158 cm³/mol. The van der Waals surface area contributed by atoms with Gasteiger partial charge in [-0.1, -0.05) is 66.7 Å². The number of rotatable bonds is 10. The van der Waals surface area contributed by atoms with Gasteiger partial charge in [0.25, 0.3) is 11.8 Å². The third-order valence-corrected chi connectivity index (χ3v) is 8.28. The first kappa shape index (κ1) is 29.4. The van der Waals surface area contributed by atoms with E-state index in [2.05, 4.69) is 10.6 Å². The van der Waals surface area contributed by atoms with E-state index in [1.807, 2.05) is 37.3 Å². The molecule has 212 valence electrons. The average molecular weight is 575 g/mol. The number of amides is 2. The maximum atomic E-state index is 14.6. The molecule has 0 bridgehead atoms. The Hall–Kier alpha value is -4.54. The molecule has 0 fully saturated rings. The molecule has 4 rings (SSSR count). The van der Waals surface area contributed by atoms with Gasteiger partial charge in [-0.15, -0.1) is 0 Å². The van der Waals surface area contributed by atoms with Gasteiger partial charge in [0, 0.05) is 19.7 Å². The fourth-order valence-electron chi connectivity index (χ4n) is 4.15. The van der Waals surface area contributed by atoms with Crippen LogP contribution in [0.3, 0.4) is 0 Å². The van der Waals surface area contributed by atoms with Gasteiger partial charge >= 0.3 is 10.2 Å². The van der Waals surface area contributed by atoms with Gasteiger partial charge in [-0.25, -0.2) is 4.39 Å². The first-order valence-electron chi connectivity index (χ1n) is 12.9. The van der Waals surface area contributed by atoms with E-state index < -0.39 is 21.9 Å². The van der Waals surface area contributed by atoms with Crippen molar-refractivity contribution in [1.29, 1.82) is 0 Å². The topological polar surface area (TPSA) is 98.8 Å². The Kier molecular flexibility index (Phi) is 9.16. The number of hydrogen-bond donors (Lipinski definition) is 2. The summed E-state index contributed by atoms with van der Waals surface area (Å²) in [7, 11) is -1.27. The van der Waals surface area contributed by atoms with Gasteiger partial charge < -0.3 is 10.6 Å². The minimum atomic E-state index is -4.01. The van der Waals surface area contributed by atoms with Gasteiger partial charge in [0.05, 0.1) is 29.5 Å². The number of benzene rings is 4. The van der Waals surface area contributed by atoms with Crippen LogP contribution in [0.15, 0.2) is 103 Å². The third-order valence-electron chi connectivity index (χ3n) is 6.47. The van der Waals surface area contributed by atoms with Crippen molar-refractivity contribution < 1.29 is 22.4 Å². The summed E-state index contributed by atoms with van der Waals surface area (Å²) in [5, 5.41) is 5.75. The Balaban J connectivity index is 1.50. The second kappa shape index (κ2) is 12.8. The summed E-state index contributed by atoms with van der Waals surface area (Å²) >= 11 is 0. The Morgan fingerprint density at radius 1 is 0.805 bits per heavy atom. The van der Waals surface area contributed by atoms with Crippen molar-refractivity contribution >= 4 is 33.4 Å². The van der Waals surface area contributed by atoms with Crippen LogP contribution in [0.4, 0.5) is 15.8 Å². The fourth-order valence-corrected chi connectivity index (χ4v) is 5.26. The molecule has 41 heavy (non-hydrogen) atoms. The first-order valence-corrected chi connectivity index (χ1v) is 14.3. The van der Waals surface area contributed by atoms with Gasteiger partial charge in [-0.05, 0) is 54.4 Å². The van der Waals surface area contributed by atoms with E-state index in [-0.39, 0.29) is 24.2 Å². The second-order valence-corrected chi connectivity index (χ2v) is 11.6. The summed E-state index contributed by atoms with van der Waals surface area (Å²) in [4.78, 5) is 26.1. The summed E-state index contributed by atoms with van der Waals surface area (Å²) in [6, 6.07) is 28.0. The van der Waals surface area contributed by atoms with Crippen molar-refractivity contribution in [2.24, 2.45) is 0 Å². The van der Waals surface area contributed by atoms with Crippen molar-refractivity contribution in [2.45, 2.75) is 19.5 Å². The van der Waals surface area contributed by atoms with Crippen LogP contribution in [0.25, 0.3) is 0 Å². The molecule has 8 nitrogen and oxygen atoms in total. The minimum absolute atomic E-state index is 0.0838. The molecule has 10 heteroatoms. The molecule has 4 aromatic rings. The van der Waals surface area contributed by atoms with E-state index in [1.165, 1.54) is 32.3 Å². The zero-order valence-electron chi connectivity index (χ0n) is 22.9. The monoisotopic (exact) mass is 574 g/mol. The lowest BCUT2D eigenvalue weighted by molar-refractivity contribution is 0.0940. The summed E-state index contributed by atoms with van der Waals surface area (Å²) < 4.78 is 42.5. The minimum Gasteiger partial charge on any atom is -0.345 e. The molecule has 0 aliphatic rings. The van der Waals surface area contributed by atoms with Crippen LogP contribution in [0.5, 0.6) is 0 Å². The number of hydrogen-bond acceptors (Lipinski definition) is 4. The van der Waals surface area contributed by atoms with Crippen LogP contribution in [0.1, 0.15) is 44.8 Å². The lowest BCUT2D eigenvalue weighted by Gasteiger charge is -2.27. The van der Waals surface area contributed by atoms with Gasteiger partial charge in [0.1, 0.15) is 5.82 Å². The van der Waals surface area contributed by atoms with Crippen LogP contribution >= 0.6 is 0 Å². The number of carbonyl (C=O) groups is 2. The summed E-state index contributed by atoms with van der Waals surface area (Å²) in [6.45, 7) is 1.74. The fraction of sp³-hybridized carbons (Fsp3) is 0.161. The van der Waals surface area contributed by atoms with Gasteiger partial charge in [0.2, 0.25) is 0 Å². The molecule has 0 saturated carbocycles. The van der Waals surface area contributed by atoms with Gasteiger partial charge in [-0.2, -0.15) is 12.7 Å². The third kappa shape index (κ3) is 6.97. The number of halogens is 1. The van der Waals surface area contributed by atoms with E-state index >= 15 is 0 Å². The largest absolute Gasteiger partial charge is 0.345 e. The van der Waals surface area contributed by atoms with Crippen molar-refractivity contribution in [3.05, 3.63) is 131 Å². The summed E-state index contributed by atoms with van der Waals surface area (Å²) in [5.41, 5.74) is 2.38. The molecule has 0 aromatic heterocycles. The van der Waals surface area contributed by atoms with Crippen LogP contribution in [-0.2, 0) is 16.8 Å². The zero-order valence-corrected chi connectivity index (χ0v) is 23.7. The Morgan fingerprint density at radius 2 is 1.41 bits per heavy atom. The molecule has 0 saturated heterocycles. The standard InChI is InChI=1S/C31H31FN4O4S/c1-22(24-11-5-4-6-12-24)33-31(38)26-13-7-9-15-28(26)34-30(37)25-19-17-23(18-20-25)21-36(41(39,40)35(2)3)29-16-10-8-14-27(29)32/h4-20,22H,21H2,1-3H3,(H,33,38)(H,34,37)/t22-/m0/s1. The number of carbonyl (C=O) groups excluding carboxylic acids is 2. The van der Waals surface area contributed by atoms with Crippen molar-refractivity contribution in [3.63, 3.8) is 0 Å². The van der Waals surface area contributed by atoms with Crippen LogP contribution in [0, 0.1) is 5.82 Å². The second-order valence-electron chi connectivity index (χ2n) is 9.55.